The molecule has 0 fully saturated rings. The first-order valence-corrected chi connectivity index (χ1v) is 6.79. The molecule has 0 aliphatic heterocycles. The molecule has 0 radical (unpaired) electrons. The zero-order valence-corrected chi connectivity index (χ0v) is 11.8. The molecule has 0 saturated carbocycles. The van der Waals surface area contributed by atoms with Crippen LogP contribution in [0.15, 0.2) is 46.9 Å². The van der Waals surface area contributed by atoms with E-state index in [2.05, 4.69) is 10.3 Å². The largest absolute Gasteiger partial charge is 0.424 e. The van der Waals surface area contributed by atoms with Gasteiger partial charge in [-0.05, 0) is 36.8 Å². The molecule has 1 aromatic heterocycles. The lowest BCUT2D eigenvalue weighted by Crippen LogP contribution is -2.24. The monoisotopic (exact) mass is 304 g/mol. The number of oxazole rings is 1. The van der Waals surface area contributed by atoms with Gasteiger partial charge in [-0.1, -0.05) is 12.1 Å². The Bertz CT molecular complexity index is 786. The minimum absolute atomic E-state index is 0.189. The highest BCUT2D eigenvalue weighted by molar-refractivity contribution is 5.74. The molecule has 0 amide bonds. The van der Waals surface area contributed by atoms with E-state index in [0.29, 0.717) is 16.7 Å². The van der Waals surface area contributed by atoms with Gasteiger partial charge in [0.2, 0.25) is 0 Å². The summed E-state index contributed by atoms with van der Waals surface area (Å²) in [6.07, 6.45) is -0.868. The topological polar surface area (TPSA) is 58.3 Å². The van der Waals surface area contributed by atoms with Gasteiger partial charge in [0.15, 0.2) is 5.58 Å². The fourth-order valence-corrected chi connectivity index (χ4v) is 2.18. The molecule has 0 saturated heterocycles. The second-order valence-electron chi connectivity index (χ2n) is 5.06. The summed E-state index contributed by atoms with van der Waals surface area (Å²) < 4.78 is 31.5. The first-order chi connectivity index (χ1) is 10.5. The molecule has 1 heterocycles. The highest BCUT2D eigenvalue weighted by Crippen LogP contribution is 2.23. The van der Waals surface area contributed by atoms with Crippen molar-refractivity contribution in [2.24, 2.45) is 0 Å². The smallest absolute Gasteiger partial charge is 0.295 e. The van der Waals surface area contributed by atoms with Crippen molar-refractivity contribution in [1.29, 1.82) is 0 Å². The van der Waals surface area contributed by atoms with E-state index in [1.165, 1.54) is 42.5 Å². The first-order valence-electron chi connectivity index (χ1n) is 6.79. The minimum atomic E-state index is -0.868. The Morgan fingerprint density at radius 1 is 1.09 bits per heavy atom. The van der Waals surface area contributed by atoms with Crippen LogP contribution in [0.5, 0.6) is 0 Å². The normalized spacial score (nSPS) is 14.0. The number of nitrogens with one attached hydrogen (secondary N) is 1. The van der Waals surface area contributed by atoms with Gasteiger partial charge in [0.25, 0.3) is 6.01 Å². The van der Waals surface area contributed by atoms with Crippen molar-refractivity contribution in [2.45, 2.75) is 19.1 Å². The van der Waals surface area contributed by atoms with E-state index < -0.39 is 18.0 Å². The fourth-order valence-electron chi connectivity index (χ4n) is 2.18. The zero-order chi connectivity index (χ0) is 15.7. The maximum absolute atomic E-state index is 13.1. The van der Waals surface area contributed by atoms with Crippen molar-refractivity contribution in [3.05, 3.63) is 59.7 Å². The summed E-state index contributed by atoms with van der Waals surface area (Å²) in [7, 11) is 0. The van der Waals surface area contributed by atoms with Crippen molar-refractivity contribution in [2.75, 3.05) is 5.32 Å². The van der Waals surface area contributed by atoms with Crippen molar-refractivity contribution in [1.82, 2.24) is 4.98 Å². The zero-order valence-electron chi connectivity index (χ0n) is 11.8. The van der Waals surface area contributed by atoms with Crippen LogP contribution in [0.25, 0.3) is 11.1 Å². The van der Waals surface area contributed by atoms with E-state index in [1.807, 2.05) is 0 Å². The Morgan fingerprint density at radius 2 is 1.77 bits per heavy atom. The average Bonchev–Trinajstić information content (AvgIpc) is 2.88. The Labute approximate surface area is 125 Å². The number of hydrogen-bond donors (Lipinski definition) is 2. The third-order valence-corrected chi connectivity index (χ3v) is 3.39. The number of aromatic nitrogens is 1. The molecule has 2 aromatic carbocycles. The van der Waals surface area contributed by atoms with Crippen LogP contribution in [0.4, 0.5) is 14.8 Å². The summed E-state index contributed by atoms with van der Waals surface area (Å²) in [6.45, 7) is 1.74. The quantitative estimate of drug-likeness (QED) is 0.772. The Kier molecular flexibility index (Phi) is 3.77. The second-order valence-corrected chi connectivity index (χ2v) is 5.06. The molecule has 2 atom stereocenters. The molecule has 2 unspecified atom stereocenters. The molecule has 3 aromatic rings. The molecule has 0 spiro atoms. The van der Waals surface area contributed by atoms with Crippen molar-refractivity contribution >= 4 is 17.1 Å². The molecule has 0 bridgehead atoms. The summed E-state index contributed by atoms with van der Waals surface area (Å²) in [5.41, 5.74) is 1.42. The molecule has 0 aliphatic rings. The number of rotatable bonds is 4. The third kappa shape index (κ3) is 2.92. The number of benzene rings is 2. The van der Waals surface area contributed by atoms with Gasteiger partial charge in [0.1, 0.15) is 17.2 Å². The lowest BCUT2D eigenvalue weighted by Gasteiger charge is -2.19. The summed E-state index contributed by atoms with van der Waals surface area (Å²) in [5.74, 6) is -0.760. The summed E-state index contributed by atoms with van der Waals surface area (Å²) in [5, 5.41) is 13.2. The molecule has 4 nitrogen and oxygen atoms in total. The summed E-state index contributed by atoms with van der Waals surface area (Å²) in [4.78, 5) is 4.11. The van der Waals surface area contributed by atoms with Crippen LogP contribution in [-0.2, 0) is 0 Å². The number of anilines is 1. The number of fused-ring (bicyclic) bond motifs is 1. The van der Waals surface area contributed by atoms with E-state index >= 15 is 0 Å². The Morgan fingerprint density at radius 3 is 2.50 bits per heavy atom. The van der Waals surface area contributed by atoms with Gasteiger partial charge < -0.3 is 14.8 Å². The SMILES string of the molecule is CC(Nc1nc2cc(F)ccc2o1)C(O)c1ccc(F)cc1. The minimum Gasteiger partial charge on any atom is -0.424 e. The standard InChI is InChI=1S/C16H14F2N2O2/c1-9(15(21)10-2-4-11(17)5-3-10)19-16-20-13-8-12(18)6-7-14(13)22-16/h2-9,15,21H,1H3,(H,19,20). The number of aliphatic hydroxyl groups is 1. The van der Waals surface area contributed by atoms with E-state index in [4.69, 9.17) is 4.42 Å². The van der Waals surface area contributed by atoms with Crippen LogP contribution in [0, 0.1) is 11.6 Å². The molecule has 22 heavy (non-hydrogen) atoms. The molecular weight excluding hydrogens is 290 g/mol. The van der Waals surface area contributed by atoms with Gasteiger partial charge in [-0.3, -0.25) is 0 Å². The molecule has 2 N–H and O–H groups in total. The van der Waals surface area contributed by atoms with E-state index in [0.717, 1.165) is 0 Å². The van der Waals surface area contributed by atoms with Gasteiger partial charge in [-0.2, -0.15) is 4.98 Å². The first kappa shape index (κ1) is 14.5. The molecule has 3 rings (SSSR count). The summed E-state index contributed by atoms with van der Waals surface area (Å²) >= 11 is 0. The van der Waals surface area contributed by atoms with Crippen LogP contribution in [0.2, 0.25) is 0 Å². The summed E-state index contributed by atoms with van der Waals surface area (Å²) in [6, 6.07) is 9.40. The van der Waals surface area contributed by atoms with Crippen LogP contribution >= 0.6 is 0 Å². The predicted octanol–water partition coefficient (Wildman–Crippen LogP) is 3.64. The van der Waals surface area contributed by atoms with Gasteiger partial charge in [-0.15, -0.1) is 0 Å². The maximum Gasteiger partial charge on any atom is 0.295 e. The number of halogens is 2. The maximum atomic E-state index is 13.1. The fraction of sp³-hybridized carbons (Fsp3) is 0.188. The molecule has 0 aliphatic carbocycles. The highest BCUT2D eigenvalue weighted by atomic mass is 19.1. The van der Waals surface area contributed by atoms with Crippen LogP contribution in [0.3, 0.4) is 0 Å². The number of nitrogens with zero attached hydrogens (tertiary/aromatic N) is 1. The average molecular weight is 304 g/mol. The van der Waals surface area contributed by atoms with Crippen molar-refractivity contribution in [3.8, 4) is 0 Å². The molecular formula is C16H14F2N2O2. The predicted molar refractivity (Wildman–Crippen MR) is 78.4 cm³/mol. The number of aliphatic hydroxyl groups excluding tert-OH is 1. The number of hydrogen-bond acceptors (Lipinski definition) is 4. The van der Waals surface area contributed by atoms with Gasteiger partial charge in [0.05, 0.1) is 12.1 Å². The van der Waals surface area contributed by atoms with E-state index in [-0.39, 0.29) is 11.8 Å². The van der Waals surface area contributed by atoms with Crippen LogP contribution in [0.1, 0.15) is 18.6 Å². The Hall–Kier alpha value is -2.47. The van der Waals surface area contributed by atoms with Crippen molar-refractivity contribution in [3.63, 3.8) is 0 Å². The Balaban J connectivity index is 1.77. The lowest BCUT2D eigenvalue weighted by molar-refractivity contribution is 0.159. The third-order valence-electron chi connectivity index (χ3n) is 3.39. The van der Waals surface area contributed by atoms with Gasteiger partial charge in [-0.25, -0.2) is 8.78 Å². The highest BCUT2D eigenvalue weighted by Gasteiger charge is 2.18. The molecule has 114 valence electrons. The lowest BCUT2D eigenvalue weighted by atomic mass is 10.0. The van der Waals surface area contributed by atoms with E-state index in [1.54, 1.807) is 6.92 Å². The van der Waals surface area contributed by atoms with E-state index in [9.17, 15) is 13.9 Å². The van der Waals surface area contributed by atoms with Crippen LogP contribution < -0.4 is 5.32 Å². The van der Waals surface area contributed by atoms with Gasteiger partial charge >= 0.3 is 0 Å². The van der Waals surface area contributed by atoms with Crippen LogP contribution in [-0.4, -0.2) is 16.1 Å². The second kappa shape index (κ2) is 5.73. The van der Waals surface area contributed by atoms with Gasteiger partial charge in [0, 0.05) is 6.07 Å². The molecule has 6 heteroatoms. The van der Waals surface area contributed by atoms with Crippen molar-refractivity contribution < 1.29 is 18.3 Å².